The Morgan fingerprint density at radius 3 is 2.13 bits per heavy atom. The largest absolute Gasteiger partial charge is 0.498 e. The molecule has 2 aliphatic carbocycles. The predicted octanol–water partition coefficient (Wildman–Crippen LogP) is 6.73. The molecule has 0 radical (unpaired) electrons. The van der Waals surface area contributed by atoms with Crippen molar-refractivity contribution >= 4 is 0 Å². The summed E-state index contributed by atoms with van der Waals surface area (Å²) < 4.78 is 6.29. The molecule has 23 heavy (non-hydrogen) atoms. The van der Waals surface area contributed by atoms with E-state index in [1.807, 2.05) is 0 Å². The summed E-state index contributed by atoms with van der Waals surface area (Å²) >= 11 is 0. The molecule has 0 bridgehead atoms. The second-order valence-corrected chi connectivity index (χ2v) is 8.61. The molecule has 1 aliphatic heterocycles. The number of hydrogen-bond donors (Lipinski definition) is 0. The summed E-state index contributed by atoms with van der Waals surface area (Å²) in [6.07, 6.45) is 19.4. The fourth-order valence-corrected chi connectivity index (χ4v) is 5.42. The molecular formula is C22H38O. The zero-order chi connectivity index (χ0) is 16.1. The number of allylic oxidation sites excluding steroid dienone is 2. The highest BCUT2D eigenvalue weighted by Gasteiger charge is 2.31. The van der Waals surface area contributed by atoms with Crippen LogP contribution in [0.5, 0.6) is 0 Å². The van der Waals surface area contributed by atoms with E-state index in [0.29, 0.717) is 0 Å². The second-order valence-electron chi connectivity index (χ2n) is 8.61. The van der Waals surface area contributed by atoms with Gasteiger partial charge in [-0.25, -0.2) is 0 Å². The Bertz CT molecular complexity index is 369. The van der Waals surface area contributed by atoms with Crippen molar-refractivity contribution in [3.63, 3.8) is 0 Å². The van der Waals surface area contributed by atoms with Crippen LogP contribution in [0.15, 0.2) is 11.8 Å². The van der Waals surface area contributed by atoms with E-state index in [-0.39, 0.29) is 0 Å². The first-order valence-electron chi connectivity index (χ1n) is 10.6. The van der Waals surface area contributed by atoms with Gasteiger partial charge in [0.1, 0.15) is 0 Å². The first-order valence-corrected chi connectivity index (χ1v) is 10.6. The molecule has 0 N–H and O–H groups in total. The minimum Gasteiger partial charge on any atom is -0.498 e. The van der Waals surface area contributed by atoms with Gasteiger partial charge in [-0.15, -0.1) is 0 Å². The van der Waals surface area contributed by atoms with Crippen molar-refractivity contribution in [1.82, 2.24) is 0 Å². The highest BCUT2D eigenvalue weighted by molar-refractivity contribution is 5.04. The molecule has 3 rings (SSSR count). The Morgan fingerprint density at radius 2 is 1.57 bits per heavy atom. The Labute approximate surface area is 144 Å². The van der Waals surface area contributed by atoms with Crippen LogP contribution in [0.3, 0.4) is 0 Å². The molecular weight excluding hydrogens is 280 g/mol. The van der Waals surface area contributed by atoms with E-state index in [2.05, 4.69) is 19.9 Å². The van der Waals surface area contributed by atoms with E-state index in [1.165, 1.54) is 82.8 Å². The van der Waals surface area contributed by atoms with Gasteiger partial charge in [-0.2, -0.15) is 0 Å². The molecule has 1 heterocycles. The summed E-state index contributed by atoms with van der Waals surface area (Å²) in [5.74, 6) is 5.89. The summed E-state index contributed by atoms with van der Waals surface area (Å²) in [5, 5.41) is 0. The maximum absolute atomic E-state index is 6.29. The molecule has 1 unspecified atom stereocenters. The average Bonchev–Trinajstić information content (AvgIpc) is 2.63. The molecule has 0 saturated heterocycles. The summed E-state index contributed by atoms with van der Waals surface area (Å²) in [7, 11) is 0. The quantitative estimate of drug-likeness (QED) is 0.546. The lowest BCUT2D eigenvalue weighted by Gasteiger charge is -2.37. The zero-order valence-corrected chi connectivity index (χ0v) is 15.6. The molecule has 1 atom stereocenters. The van der Waals surface area contributed by atoms with Gasteiger partial charge < -0.3 is 4.74 Å². The lowest BCUT2D eigenvalue weighted by atomic mass is 9.73. The Kier molecular flexibility index (Phi) is 6.48. The van der Waals surface area contributed by atoms with E-state index < -0.39 is 0 Å². The first-order chi connectivity index (χ1) is 11.3. The van der Waals surface area contributed by atoms with Crippen LogP contribution in [-0.2, 0) is 4.74 Å². The maximum atomic E-state index is 6.29. The molecule has 132 valence electrons. The van der Waals surface area contributed by atoms with Crippen molar-refractivity contribution in [3.8, 4) is 0 Å². The van der Waals surface area contributed by atoms with Crippen LogP contribution in [0.25, 0.3) is 0 Å². The van der Waals surface area contributed by atoms with Crippen molar-refractivity contribution < 1.29 is 4.74 Å². The standard InChI is InChI=1S/C22H38O/c1-3-5-18-8-12-20(13-9-18)22-15-14-21(16-23-22)19-10-6-17(4-2)7-11-19/h15,17-21H,3-14,16H2,1-2H3. The lowest BCUT2D eigenvalue weighted by molar-refractivity contribution is 0.0643. The van der Waals surface area contributed by atoms with Crippen LogP contribution in [0, 0.1) is 29.6 Å². The first kappa shape index (κ1) is 17.4. The van der Waals surface area contributed by atoms with E-state index in [4.69, 9.17) is 4.74 Å². The SMILES string of the molecule is CCCC1CCC(C2=CCC(C3CCC(CC)CC3)CO2)CC1. The number of hydrogen-bond acceptors (Lipinski definition) is 1. The fourth-order valence-electron chi connectivity index (χ4n) is 5.42. The maximum Gasteiger partial charge on any atom is 0.0951 e. The minimum atomic E-state index is 0.750. The second kappa shape index (κ2) is 8.58. The van der Waals surface area contributed by atoms with Crippen molar-refractivity contribution in [1.29, 1.82) is 0 Å². The Morgan fingerprint density at radius 1 is 0.870 bits per heavy atom. The van der Waals surface area contributed by atoms with Gasteiger partial charge >= 0.3 is 0 Å². The van der Waals surface area contributed by atoms with E-state index in [9.17, 15) is 0 Å². The van der Waals surface area contributed by atoms with Crippen molar-refractivity contribution in [3.05, 3.63) is 11.8 Å². The van der Waals surface area contributed by atoms with Crippen LogP contribution in [0.2, 0.25) is 0 Å². The number of rotatable bonds is 5. The molecule has 2 saturated carbocycles. The summed E-state index contributed by atoms with van der Waals surface area (Å²) in [5.41, 5.74) is 0. The van der Waals surface area contributed by atoms with Gasteiger partial charge in [0, 0.05) is 5.92 Å². The van der Waals surface area contributed by atoms with Crippen LogP contribution in [-0.4, -0.2) is 6.61 Å². The molecule has 2 fully saturated rings. The monoisotopic (exact) mass is 318 g/mol. The third-order valence-corrected chi connectivity index (χ3v) is 7.17. The molecule has 0 aromatic carbocycles. The minimum absolute atomic E-state index is 0.750. The van der Waals surface area contributed by atoms with E-state index >= 15 is 0 Å². The van der Waals surface area contributed by atoms with Gasteiger partial charge in [-0.3, -0.25) is 0 Å². The topological polar surface area (TPSA) is 9.23 Å². The highest BCUT2D eigenvalue weighted by atomic mass is 16.5. The molecule has 1 heteroatoms. The highest BCUT2D eigenvalue weighted by Crippen LogP contribution is 2.41. The summed E-state index contributed by atoms with van der Waals surface area (Å²) in [6, 6.07) is 0. The molecule has 0 spiro atoms. The average molecular weight is 319 g/mol. The Balaban J connectivity index is 1.44. The van der Waals surface area contributed by atoms with Crippen molar-refractivity contribution in [2.75, 3.05) is 6.61 Å². The van der Waals surface area contributed by atoms with Gasteiger partial charge in [0.25, 0.3) is 0 Å². The van der Waals surface area contributed by atoms with E-state index in [1.54, 1.807) is 0 Å². The normalized spacial score (nSPS) is 38.7. The molecule has 0 aromatic rings. The molecule has 1 nitrogen and oxygen atoms in total. The number of ether oxygens (including phenoxy) is 1. The lowest BCUT2D eigenvalue weighted by Crippen LogP contribution is -2.28. The third-order valence-electron chi connectivity index (χ3n) is 7.17. The van der Waals surface area contributed by atoms with Gasteiger partial charge in [-0.1, -0.05) is 46.0 Å². The molecule has 0 amide bonds. The molecule has 3 aliphatic rings. The van der Waals surface area contributed by atoms with Crippen LogP contribution >= 0.6 is 0 Å². The van der Waals surface area contributed by atoms with Crippen LogP contribution in [0.1, 0.15) is 90.9 Å². The zero-order valence-electron chi connectivity index (χ0n) is 15.6. The fraction of sp³-hybridized carbons (Fsp3) is 0.909. The summed E-state index contributed by atoms with van der Waals surface area (Å²) in [4.78, 5) is 0. The summed E-state index contributed by atoms with van der Waals surface area (Å²) in [6.45, 7) is 5.70. The van der Waals surface area contributed by atoms with Gasteiger partial charge in [-0.05, 0) is 74.7 Å². The molecule has 0 aromatic heterocycles. The van der Waals surface area contributed by atoms with Crippen LogP contribution in [0.4, 0.5) is 0 Å². The van der Waals surface area contributed by atoms with Crippen LogP contribution < -0.4 is 0 Å². The van der Waals surface area contributed by atoms with Gasteiger partial charge in [0.15, 0.2) is 0 Å². The smallest absolute Gasteiger partial charge is 0.0951 e. The van der Waals surface area contributed by atoms with E-state index in [0.717, 1.165) is 36.2 Å². The third kappa shape index (κ3) is 4.54. The predicted molar refractivity (Wildman–Crippen MR) is 98.2 cm³/mol. The Hall–Kier alpha value is -0.460. The van der Waals surface area contributed by atoms with Gasteiger partial charge in [0.05, 0.1) is 12.4 Å². The van der Waals surface area contributed by atoms with Crippen molar-refractivity contribution in [2.24, 2.45) is 29.6 Å². The van der Waals surface area contributed by atoms with Gasteiger partial charge in [0.2, 0.25) is 0 Å². The van der Waals surface area contributed by atoms with Crippen molar-refractivity contribution in [2.45, 2.75) is 90.9 Å².